The second-order valence-electron chi connectivity index (χ2n) is 4.25. The number of imidazole rings is 1. The van der Waals surface area contributed by atoms with Gasteiger partial charge in [-0.15, -0.1) is 0 Å². The molecule has 2 aromatic heterocycles. The quantitative estimate of drug-likeness (QED) is 0.792. The highest BCUT2D eigenvalue weighted by Crippen LogP contribution is 2.32. The van der Waals surface area contributed by atoms with Gasteiger partial charge in [0.2, 0.25) is 5.78 Å². The molecular formula is C14H13FN4O. The van der Waals surface area contributed by atoms with Crippen LogP contribution in [0.4, 0.5) is 4.39 Å². The zero-order chi connectivity index (χ0) is 14.1. The van der Waals surface area contributed by atoms with Crippen molar-refractivity contribution in [3.63, 3.8) is 0 Å². The third-order valence-electron chi connectivity index (χ3n) is 3.11. The first-order chi connectivity index (χ1) is 9.74. The van der Waals surface area contributed by atoms with Crippen LogP contribution in [0.2, 0.25) is 0 Å². The Morgan fingerprint density at radius 2 is 2.25 bits per heavy atom. The number of aromatic nitrogens is 3. The third-order valence-corrected chi connectivity index (χ3v) is 3.11. The molecule has 20 heavy (non-hydrogen) atoms. The van der Waals surface area contributed by atoms with E-state index >= 15 is 0 Å². The average Bonchev–Trinajstić information content (AvgIpc) is 2.85. The van der Waals surface area contributed by atoms with E-state index in [4.69, 9.17) is 10.5 Å². The minimum atomic E-state index is -0.353. The van der Waals surface area contributed by atoms with Crippen molar-refractivity contribution in [3.8, 4) is 17.0 Å². The molecule has 102 valence electrons. The van der Waals surface area contributed by atoms with Gasteiger partial charge in [-0.25, -0.2) is 14.4 Å². The molecule has 3 aromatic rings. The number of ether oxygens (including phenoxy) is 1. The van der Waals surface area contributed by atoms with Gasteiger partial charge in [-0.1, -0.05) is 0 Å². The van der Waals surface area contributed by atoms with Crippen LogP contribution in [-0.4, -0.2) is 21.5 Å². The zero-order valence-electron chi connectivity index (χ0n) is 10.9. The lowest BCUT2D eigenvalue weighted by Gasteiger charge is -2.08. The summed E-state index contributed by atoms with van der Waals surface area (Å²) in [5.41, 5.74) is 7.72. The van der Waals surface area contributed by atoms with Gasteiger partial charge in [-0.2, -0.15) is 0 Å². The van der Waals surface area contributed by atoms with Crippen LogP contribution >= 0.6 is 0 Å². The van der Waals surface area contributed by atoms with Gasteiger partial charge in [0.1, 0.15) is 11.6 Å². The number of methoxy groups -OCH3 is 1. The summed E-state index contributed by atoms with van der Waals surface area (Å²) in [6.07, 6.45) is 3.47. The lowest BCUT2D eigenvalue weighted by Crippen LogP contribution is -2.03. The van der Waals surface area contributed by atoms with E-state index in [1.54, 1.807) is 22.7 Å². The molecule has 1 aromatic carbocycles. The molecule has 0 bridgehead atoms. The predicted molar refractivity (Wildman–Crippen MR) is 72.8 cm³/mol. The second kappa shape index (κ2) is 4.90. The predicted octanol–water partition coefficient (Wildman–Crippen LogP) is 2.00. The number of hydrogen-bond acceptors (Lipinski definition) is 4. The van der Waals surface area contributed by atoms with Gasteiger partial charge in [0.15, 0.2) is 0 Å². The van der Waals surface area contributed by atoms with Crippen LogP contribution < -0.4 is 10.5 Å². The third kappa shape index (κ3) is 1.90. The lowest BCUT2D eigenvalue weighted by atomic mass is 10.1. The Labute approximate surface area is 114 Å². The molecule has 5 nitrogen and oxygen atoms in total. The molecule has 0 aliphatic rings. The van der Waals surface area contributed by atoms with Crippen LogP contribution in [0, 0.1) is 5.82 Å². The Balaban J connectivity index is 2.31. The summed E-state index contributed by atoms with van der Waals surface area (Å²) >= 11 is 0. The van der Waals surface area contributed by atoms with E-state index in [2.05, 4.69) is 9.97 Å². The number of benzene rings is 1. The molecule has 0 spiro atoms. The smallest absolute Gasteiger partial charge is 0.234 e. The van der Waals surface area contributed by atoms with Crippen molar-refractivity contribution in [1.82, 2.24) is 14.4 Å². The van der Waals surface area contributed by atoms with E-state index in [9.17, 15) is 4.39 Å². The molecule has 0 radical (unpaired) electrons. The molecule has 6 heteroatoms. The summed E-state index contributed by atoms with van der Waals surface area (Å²) in [7, 11) is 1.53. The van der Waals surface area contributed by atoms with Crippen molar-refractivity contribution in [2.45, 2.75) is 6.54 Å². The first-order valence-corrected chi connectivity index (χ1v) is 6.10. The average molecular weight is 272 g/mol. The highest BCUT2D eigenvalue weighted by molar-refractivity contribution is 5.71. The van der Waals surface area contributed by atoms with E-state index in [0.717, 1.165) is 5.69 Å². The molecule has 0 unspecified atom stereocenters. The van der Waals surface area contributed by atoms with Gasteiger partial charge in [0.25, 0.3) is 0 Å². The SMILES string of the molecule is COc1ccc(F)cc1-c1nc2ncccn2c1CN. The van der Waals surface area contributed by atoms with Crippen LogP contribution in [0.5, 0.6) is 5.75 Å². The molecule has 0 aliphatic carbocycles. The van der Waals surface area contributed by atoms with E-state index in [1.165, 1.54) is 19.2 Å². The van der Waals surface area contributed by atoms with Crippen LogP contribution in [0.1, 0.15) is 5.69 Å². The van der Waals surface area contributed by atoms with Gasteiger partial charge in [-0.05, 0) is 24.3 Å². The summed E-state index contributed by atoms with van der Waals surface area (Å²) < 4.78 is 20.6. The Morgan fingerprint density at radius 3 is 3.00 bits per heavy atom. The molecule has 0 saturated carbocycles. The monoisotopic (exact) mass is 272 g/mol. The Kier molecular flexibility index (Phi) is 3.08. The second-order valence-corrected chi connectivity index (χ2v) is 4.25. The van der Waals surface area contributed by atoms with E-state index in [-0.39, 0.29) is 12.4 Å². The van der Waals surface area contributed by atoms with Crippen molar-refractivity contribution in [2.24, 2.45) is 5.73 Å². The van der Waals surface area contributed by atoms with Crippen molar-refractivity contribution in [1.29, 1.82) is 0 Å². The highest BCUT2D eigenvalue weighted by atomic mass is 19.1. The van der Waals surface area contributed by atoms with Crippen LogP contribution in [0.25, 0.3) is 17.0 Å². The summed E-state index contributed by atoms with van der Waals surface area (Å²) in [5, 5.41) is 0. The highest BCUT2D eigenvalue weighted by Gasteiger charge is 2.17. The van der Waals surface area contributed by atoms with Crippen molar-refractivity contribution >= 4 is 5.78 Å². The fourth-order valence-corrected chi connectivity index (χ4v) is 2.21. The topological polar surface area (TPSA) is 65.4 Å². The maximum Gasteiger partial charge on any atom is 0.234 e. The van der Waals surface area contributed by atoms with E-state index < -0.39 is 0 Å². The maximum absolute atomic E-state index is 13.5. The fourth-order valence-electron chi connectivity index (χ4n) is 2.21. The van der Waals surface area contributed by atoms with Gasteiger partial charge in [-0.3, -0.25) is 4.40 Å². The van der Waals surface area contributed by atoms with Crippen LogP contribution in [0.3, 0.4) is 0 Å². The number of nitrogens with two attached hydrogens (primary N) is 1. The fraction of sp³-hybridized carbons (Fsp3) is 0.143. The van der Waals surface area contributed by atoms with Crippen molar-refractivity contribution in [2.75, 3.05) is 7.11 Å². The van der Waals surface area contributed by atoms with Gasteiger partial charge < -0.3 is 10.5 Å². The molecule has 2 heterocycles. The Morgan fingerprint density at radius 1 is 1.40 bits per heavy atom. The van der Waals surface area contributed by atoms with Crippen molar-refractivity contribution in [3.05, 3.63) is 48.2 Å². The van der Waals surface area contributed by atoms with E-state index in [0.29, 0.717) is 22.8 Å². The van der Waals surface area contributed by atoms with Crippen LogP contribution in [0.15, 0.2) is 36.7 Å². The molecule has 0 amide bonds. The lowest BCUT2D eigenvalue weighted by molar-refractivity contribution is 0.415. The summed E-state index contributed by atoms with van der Waals surface area (Å²) in [6.45, 7) is 0.266. The largest absolute Gasteiger partial charge is 0.496 e. The number of hydrogen-bond donors (Lipinski definition) is 1. The standard InChI is InChI=1S/C14H13FN4O/c1-20-12-4-3-9(15)7-10(12)13-11(8-16)19-6-2-5-17-14(19)18-13/h2-7H,8,16H2,1H3. The normalized spacial score (nSPS) is 10.9. The summed E-state index contributed by atoms with van der Waals surface area (Å²) in [4.78, 5) is 8.60. The molecule has 2 N–H and O–H groups in total. The Bertz CT molecular complexity index is 769. The van der Waals surface area contributed by atoms with Gasteiger partial charge in [0.05, 0.1) is 18.5 Å². The zero-order valence-corrected chi connectivity index (χ0v) is 10.9. The van der Waals surface area contributed by atoms with Crippen molar-refractivity contribution < 1.29 is 9.13 Å². The minimum absolute atomic E-state index is 0.266. The maximum atomic E-state index is 13.5. The molecule has 0 aliphatic heterocycles. The molecule has 0 atom stereocenters. The van der Waals surface area contributed by atoms with E-state index in [1.807, 2.05) is 6.20 Å². The molecule has 3 rings (SSSR count). The number of rotatable bonds is 3. The number of fused-ring (bicyclic) bond motifs is 1. The molecular weight excluding hydrogens is 259 g/mol. The summed E-state index contributed by atoms with van der Waals surface area (Å²) in [6, 6.07) is 6.10. The Hall–Kier alpha value is -2.47. The number of halogens is 1. The van der Waals surface area contributed by atoms with Gasteiger partial charge >= 0.3 is 0 Å². The number of nitrogens with zero attached hydrogens (tertiary/aromatic N) is 3. The van der Waals surface area contributed by atoms with Gasteiger partial charge in [0, 0.05) is 24.5 Å². The first kappa shape index (κ1) is 12.6. The first-order valence-electron chi connectivity index (χ1n) is 6.10. The molecule has 0 saturated heterocycles. The minimum Gasteiger partial charge on any atom is -0.496 e. The van der Waals surface area contributed by atoms with Crippen LogP contribution in [-0.2, 0) is 6.54 Å². The molecule has 0 fully saturated rings. The summed E-state index contributed by atoms with van der Waals surface area (Å²) in [5.74, 6) is 0.715.